The molecule has 0 saturated heterocycles. The molecule has 0 saturated carbocycles. The molecule has 5 aromatic rings. The molecule has 1 atom stereocenters. The number of aryl methyl sites for hydroxylation is 3. The molecule has 0 spiro atoms. The van der Waals surface area contributed by atoms with Crippen molar-refractivity contribution in [3.05, 3.63) is 104 Å². The Bertz CT molecular complexity index is 1860. The number of rotatable bonds is 2. The first-order valence-electron chi connectivity index (χ1n) is 11.9. The molecule has 2 aromatic heterocycles. The Balaban J connectivity index is 1.88. The lowest BCUT2D eigenvalue weighted by molar-refractivity contribution is 0.223. The zero-order valence-corrected chi connectivity index (χ0v) is 20.8. The van der Waals surface area contributed by atoms with Crippen LogP contribution in [0.25, 0.3) is 27.8 Å². The minimum Gasteiger partial charge on any atom is -0.504 e. The summed E-state index contributed by atoms with van der Waals surface area (Å²) in [6, 6.07) is 18.3. The lowest BCUT2D eigenvalue weighted by Gasteiger charge is -2.30. The van der Waals surface area contributed by atoms with Crippen molar-refractivity contribution in [2.75, 3.05) is 0 Å². The first-order chi connectivity index (χ1) is 17.7. The Hall–Kier alpha value is -4.72. The minimum atomic E-state index is -0.915. The fourth-order valence-corrected chi connectivity index (χ4v) is 5.23. The van der Waals surface area contributed by atoms with Crippen LogP contribution in [0, 0.1) is 13.8 Å². The second-order valence-corrected chi connectivity index (χ2v) is 9.55. The summed E-state index contributed by atoms with van der Waals surface area (Å²) in [5.41, 5.74) is 4.53. The van der Waals surface area contributed by atoms with Crippen molar-refractivity contribution >= 4 is 10.9 Å². The normalized spacial score (nSPS) is 14.3. The SMILES string of the molecule is Cc1ccc(-c2c3c(=O)n(C)c(=O)n(C)c3c3n2-c2cc(C)ccc2O[C@H]3c2cccc(O)c2O)cc1. The Morgan fingerprint density at radius 1 is 0.865 bits per heavy atom. The van der Waals surface area contributed by atoms with E-state index in [1.54, 1.807) is 19.2 Å². The number of nitrogens with zero attached hydrogens (tertiary/aromatic N) is 3. The molecule has 0 bridgehead atoms. The number of fused-ring (bicyclic) bond motifs is 5. The molecule has 3 aromatic carbocycles. The quantitative estimate of drug-likeness (QED) is 0.358. The van der Waals surface area contributed by atoms with Crippen LogP contribution in [-0.2, 0) is 14.1 Å². The van der Waals surface area contributed by atoms with Gasteiger partial charge in [0.1, 0.15) is 5.75 Å². The van der Waals surface area contributed by atoms with Crippen LogP contribution >= 0.6 is 0 Å². The van der Waals surface area contributed by atoms with Gasteiger partial charge in [-0.05, 0) is 43.2 Å². The van der Waals surface area contributed by atoms with Gasteiger partial charge in [-0.3, -0.25) is 13.9 Å². The summed E-state index contributed by atoms with van der Waals surface area (Å²) in [6.45, 7) is 3.96. The molecular formula is C29H25N3O5. The van der Waals surface area contributed by atoms with Crippen molar-refractivity contribution < 1.29 is 14.9 Å². The van der Waals surface area contributed by atoms with Gasteiger partial charge < -0.3 is 19.5 Å². The van der Waals surface area contributed by atoms with Gasteiger partial charge in [0, 0.05) is 19.7 Å². The predicted molar refractivity (Wildman–Crippen MR) is 141 cm³/mol. The Labute approximate surface area is 211 Å². The van der Waals surface area contributed by atoms with Gasteiger partial charge in [0.15, 0.2) is 17.6 Å². The molecule has 0 radical (unpaired) electrons. The van der Waals surface area contributed by atoms with E-state index in [1.807, 2.05) is 60.9 Å². The molecule has 1 aliphatic heterocycles. The van der Waals surface area contributed by atoms with Gasteiger partial charge in [0.25, 0.3) is 5.56 Å². The van der Waals surface area contributed by atoms with Gasteiger partial charge in [-0.15, -0.1) is 0 Å². The van der Waals surface area contributed by atoms with Gasteiger partial charge in [-0.1, -0.05) is 48.0 Å². The van der Waals surface area contributed by atoms with Crippen LogP contribution in [-0.4, -0.2) is 23.9 Å². The van der Waals surface area contributed by atoms with E-state index < -0.39 is 17.4 Å². The highest BCUT2D eigenvalue weighted by atomic mass is 16.5. The van der Waals surface area contributed by atoms with Gasteiger partial charge >= 0.3 is 5.69 Å². The number of hydrogen-bond donors (Lipinski definition) is 2. The maximum Gasteiger partial charge on any atom is 0.331 e. The van der Waals surface area contributed by atoms with E-state index in [0.717, 1.165) is 21.3 Å². The van der Waals surface area contributed by atoms with E-state index in [2.05, 4.69) is 0 Å². The lowest BCUT2D eigenvalue weighted by Crippen LogP contribution is -2.37. The Kier molecular flexibility index (Phi) is 4.85. The number of phenols is 2. The molecule has 8 heteroatoms. The lowest BCUT2D eigenvalue weighted by atomic mass is 10.0. The molecule has 1 aliphatic rings. The van der Waals surface area contributed by atoms with Crippen LogP contribution in [0.1, 0.15) is 28.5 Å². The number of aromatic nitrogens is 3. The first kappa shape index (κ1) is 22.7. The smallest absolute Gasteiger partial charge is 0.331 e. The van der Waals surface area contributed by atoms with E-state index in [4.69, 9.17) is 4.74 Å². The van der Waals surface area contributed by atoms with Gasteiger partial charge in [-0.2, -0.15) is 0 Å². The number of para-hydroxylation sites is 1. The standard InChI is InChI=1S/C29H25N3O5/c1-15-8-11-17(12-9-15)23-22-24(30(3)29(36)31(4)28(22)35)25-27(18-6-5-7-20(33)26(18)34)37-21-13-10-16(2)14-19(21)32(23)25/h5-14,27,33-34H,1-4H3/t27-/m0/s1. The summed E-state index contributed by atoms with van der Waals surface area (Å²) >= 11 is 0. The van der Waals surface area contributed by atoms with Crippen LogP contribution in [0.4, 0.5) is 0 Å². The van der Waals surface area contributed by atoms with E-state index in [1.165, 1.54) is 17.7 Å². The van der Waals surface area contributed by atoms with Crippen molar-refractivity contribution in [2.45, 2.75) is 20.0 Å². The Morgan fingerprint density at radius 3 is 2.30 bits per heavy atom. The second-order valence-electron chi connectivity index (χ2n) is 9.55. The van der Waals surface area contributed by atoms with Crippen LogP contribution in [0.15, 0.2) is 70.3 Å². The molecule has 0 unspecified atom stereocenters. The minimum absolute atomic E-state index is 0.290. The highest BCUT2D eigenvalue weighted by Crippen LogP contribution is 2.49. The molecule has 0 fully saturated rings. The molecule has 8 nitrogen and oxygen atoms in total. The van der Waals surface area contributed by atoms with Crippen LogP contribution in [0.3, 0.4) is 0 Å². The Morgan fingerprint density at radius 2 is 1.57 bits per heavy atom. The summed E-state index contributed by atoms with van der Waals surface area (Å²) in [5.74, 6) is -0.0715. The van der Waals surface area contributed by atoms with Crippen molar-refractivity contribution in [1.29, 1.82) is 0 Å². The van der Waals surface area contributed by atoms with Crippen LogP contribution in [0.5, 0.6) is 17.2 Å². The predicted octanol–water partition coefficient (Wildman–Crippen LogP) is 4.20. The topological polar surface area (TPSA) is 98.6 Å². The molecule has 186 valence electrons. The number of phenolic OH excluding ortho intramolecular Hbond substituents is 2. The fourth-order valence-electron chi connectivity index (χ4n) is 5.23. The third-order valence-electron chi connectivity index (χ3n) is 7.11. The molecule has 3 heterocycles. The third kappa shape index (κ3) is 3.15. The summed E-state index contributed by atoms with van der Waals surface area (Å²) in [5, 5.41) is 21.5. The molecule has 37 heavy (non-hydrogen) atoms. The average molecular weight is 496 g/mol. The highest BCUT2D eigenvalue weighted by molar-refractivity contribution is 5.98. The molecule has 6 rings (SSSR count). The van der Waals surface area contributed by atoms with Crippen molar-refractivity contribution in [2.24, 2.45) is 14.1 Å². The van der Waals surface area contributed by atoms with Crippen molar-refractivity contribution in [3.63, 3.8) is 0 Å². The summed E-state index contributed by atoms with van der Waals surface area (Å²) in [7, 11) is 3.09. The maximum atomic E-state index is 13.7. The van der Waals surface area contributed by atoms with Crippen LogP contribution < -0.4 is 16.0 Å². The van der Waals surface area contributed by atoms with E-state index in [-0.39, 0.29) is 11.5 Å². The zero-order chi connectivity index (χ0) is 26.2. The third-order valence-corrected chi connectivity index (χ3v) is 7.11. The number of benzene rings is 3. The van der Waals surface area contributed by atoms with Gasteiger partial charge in [0.05, 0.1) is 28.0 Å². The first-order valence-corrected chi connectivity index (χ1v) is 11.9. The monoisotopic (exact) mass is 495 g/mol. The van der Waals surface area contributed by atoms with Crippen molar-refractivity contribution in [3.8, 4) is 34.2 Å². The maximum absolute atomic E-state index is 13.7. The largest absolute Gasteiger partial charge is 0.504 e. The van der Waals surface area contributed by atoms with Gasteiger partial charge in [-0.25, -0.2) is 4.79 Å². The summed E-state index contributed by atoms with van der Waals surface area (Å²) in [4.78, 5) is 26.9. The average Bonchev–Trinajstić information content (AvgIpc) is 3.25. The van der Waals surface area contributed by atoms with E-state index >= 15 is 0 Å². The van der Waals surface area contributed by atoms with E-state index in [9.17, 15) is 19.8 Å². The number of aromatic hydroxyl groups is 2. The fraction of sp³-hybridized carbons (Fsp3) is 0.172. The number of ether oxygens (including phenoxy) is 1. The molecule has 0 amide bonds. The highest BCUT2D eigenvalue weighted by Gasteiger charge is 2.37. The summed E-state index contributed by atoms with van der Waals surface area (Å²) < 4.78 is 11.0. The second kappa shape index (κ2) is 7.89. The van der Waals surface area contributed by atoms with Gasteiger partial charge in [0.2, 0.25) is 0 Å². The van der Waals surface area contributed by atoms with E-state index in [0.29, 0.717) is 39.3 Å². The van der Waals surface area contributed by atoms with Crippen LogP contribution in [0.2, 0.25) is 0 Å². The summed E-state index contributed by atoms with van der Waals surface area (Å²) in [6.07, 6.45) is -0.915. The molecule has 2 N–H and O–H groups in total. The molecular weight excluding hydrogens is 470 g/mol. The zero-order valence-electron chi connectivity index (χ0n) is 20.8. The number of hydrogen-bond acceptors (Lipinski definition) is 5. The molecule has 0 aliphatic carbocycles. The van der Waals surface area contributed by atoms with Crippen molar-refractivity contribution in [1.82, 2.24) is 13.7 Å².